The maximum Gasteiger partial charge on any atom is 0.0120 e. The summed E-state index contributed by atoms with van der Waals surface area (Å²) in [5.41, 5.74) is 0.632. The van der Waals surface area contributed by atoms with Gasteiger partial charge in [0.15, 0.2) is 0 Å². The van der Waals surface area contributed by atoms with Crippen molar-refractivity contribution in [3.05, 3.63) is 0 Å². The Balaban J connectivity index is 1.98. The molecule has 124 valence electrons. The Bertz CT molecular complexity index is 307. The molecule has 0 spiro atoms. The Morgan fingerprint density at radius 3 is 2.43 bits per heavy atom. The Labute approximate surface area is 133 Å². The fourth-order valence-electron chi connectivity index (χ4n) is 5.06. The number of piperidine rings is 1. The van der Waals surface area contributed by atoms with Gasteiger partial charge in [-0.25, -0.2) is 0 Å². The second-order valence-corrected chi connectivity index (χ2v) is 8.33. The van der Waals surface area contributed by atoms with Gasteiger partial charge in [0, 0.05) is 18.6 Å². The van der Waals surface area contributed by atoms with Gasteiger partial charge in [-0.1, -0.05) is 40.5 Å². The summed E-state index contributed by atoms with van der Waals surface area (Å²) in [6.45, 7) is 15.7. The van der Waals surface area contributed by atoms with Crippen LogP contribution in [0.2, 0.25) is 0 Å². The van der Waals surface area contributed by atoms with E-state index in [-0.39, 0.29) is 0 Å². The van der Waals surface area contributed by atoms with Gasteiger partial charge < -0.3 is 5.32 Å². The van der Waals surface area contributed by atoms with E-state index in [9.17, 15) is 0 Å². The minimum atomic E-state index is 0.632. The van der Waals surface area contributed by atoms with Crippen molar-refractivity contribution in [2.75, 3.05) is 19.6 Å². The van der Waals surface area contributed by atoms with Crippen LogP contribution in [-0.2, 0) is 0 Å². The maximum absolute atomic E-state index is 3.69. The summed E-state index contributed by atoms with van der Waals surface area (Å²) < 4.78 is 0. The van der Waals surface area contributed by atoms with E-state index in [4.69, 9.17) is 0 Å². The summed E-state index contributed by atoms with van der Waals surface area (Å²) in [7, 11) is 0. The monoisotopic (exact) mass is 294 g/mol. The van der Waals surface area contributed by atoms with Crippen LogP contribution in [0.4, 0.5) is 0 Å². The summed E-state index contributed by atoms with van der Waals surface area (Å²) in [5, 5.41) is 3.69. The zero-order chi connectivity index (χ0) is 15.5. The fraction of sp³-hybridized carbons (Fsp3) is 1.00. The Morgan fingerprint density at radius 1 is 1.19 bits per heavy atom. The zero-order valence-electron chi connectivity index (χ0n) is 15.1. The Kier molecular flexibility index (Phi) is 6.14. The Morgan fingerprint density at radius 2 is 1.86 bits per heavy atom. The molecule has 2 fully saturated rings. The second-order valence-electron chi connectivity index (χ2n) is 8.33. The molecule has 2 heteroatoms. The first-order chi connectivity index (χ1) is 9.97. The number of likely N-dealkylation sites (tertiary alicyclic amines) is 1. The topological polar surface area (TPSA) is 15.3 Å². The van der Waals surface area contributed by atoms with E-state index in [2.05, 4.69) is 44.8 Å². The normalized spacial score (nSPS) is 33.7. The third-order valence-electron chi connectivity index (χ3n) is 6.21. The van der Waals surface area contributed by atoms with E-state index < -0.39 is 0 Å². The molecule has 1 aliphatic heterocycles. The van der Waals surface area contributed by atoms with Gasteiger partial charge in [0.25, 0.3) is 0 Å². The van der Waals surface area contributed by atoms with Gasteiger partial charge in [0.2, 0.25) is 0 Å². The smallest absolute Gasteiger partial charge is 0.0120 e. The molecular formula is C19H38N2. The molecule has 2 aliphatic rings. The van der Waals surface area contributed by atoms with Crippen LogP contribution in [0.25, 0.3) is 0 Å². The first-order valence-corrected chi connectivity index (χ1v) is 9.45. The molecule has 1 saturated carbocycles. The molecule has 0 radical (unpaired) electrons. The van der Waals surface area contributed by atoms with Gasteiger partial charge >= 0.3 is 0 Å². The second kappa shape index (κ2) is 7.46. The lowest BCUT2D eigenvalue weighted by Crippen LogP contribution is -2.55. The van der Waals surface area contributed by atoms with E-state index in [1.165, 1.54) is 51.6 Å². The molecule has 1 N–H and O–H groups in total. The SMILES string of the molecule is CCNC1CCN(CC2(CC(C)C)CCCC2)C(C)C1C. The van der Waals surface area contributed by atoms with Gasteiger partial charge in [-0.3, -0.25) is 4.90 Å². The van der Waals surface area contributed by atoms with E-state index in [1.807, 2.05) is 0 Å². The van der Waals surface area contributed by atoms with Gasteiger partial charge in [-0.15, -0.1) is 0 Å². The third-order valence-corrected chi connectivity index (χ3v) is 6.21. The van der Waals surface area contributed by atoms with Crippen LogP contribution in [0.3, 0.4) is 0 Å². The average Bonchev–Trinajstić information content (AvgIpc) is 2.86. The largest absolute Gasteiger partial charge is 0.314 e. The van der Waals surface area contributed by atoms with E-state index >= 15 is 0 Å². The summed E-state index contributed by atoms with van der Waals surface area (Å²) in [6.07, 6.45) is 8.63. The molecule has 21 heavy (non-hydrogen) atoms. The molecule has 2 nitrogen and oxygen atoms in total. The van der Waals surface area contributed by atoms with E-state index in [1.54, 1.807) is 0 Å². The number of hydrogen-bond acceptors (Lipinski definition) is 2. The predicted octanol–water partition coefficient (Wildman–Crippen LogP) is 4.30. The molecule has 1 saturated heterocycles. The summed E-state index contributed by atoms with van der Waals surface area (Å²) in [4.78, 5) is 2.83. The van der Waals surface area contributed by atoms with Gasteiger partial charge in [0.05, 0.1) is 0 Å². The first kappa shape index (κ1) is 17.3. The van der Waals surface area contributed by atoms with Crippen LogP contribution in [0.5, 0.6) is 0 Å². The summed E-state index contributed by atoms with van der Waals surface area (Å²) in [6, 6.07) is 1.46. The summed E-state index contributed by atoms with van der Waals surface area (Å²) >= 11 is 0. The van der Waals surface area contributed by atoms with Crippen molar-refractivity contribution in [2.24, 2.45) is 17.3 Å². The molecule has 0 aromatic heterocycles. The van der Waals surface area contributed by atoms with Crippen molar-refractivity contribution in [1.29, 1.82) is 0 Å². The number of rotatable bonds is 6. The van der Waals surface area contributed by atoms with Crippen molar-refractivity contribution in [1.82, 2.24) is 10.2 Å². The lowest BCUT2D eigenvalue weighted by Gasteiger charge is -2.47. The molecule has 3 unspecified atom stereocenters. The first-order valence-electron chi connectivity index (χ1n) is 9.45. The molecular weight excluding hydrogens is 256 g/mol. The van der Waals surface area contributed by atoms with Crippen LogP contribution in [0, 0.1) is 17.3 Å². The van der Waals surface area contributed by atoms with Crippen molar-refractivity contribution in [3.8, 4) is 0 Å². The minimum Gasteiger partial charge on any atom is -0.314 e. The molecule has 0 bridgehead atoms. The maximum atomic E-state index is 3.69. The number of nitrogens with zero attached hydrogens (tertiary/aromatic N) is 1. The quantitative estimate of drug-likeness (QED) is 0.785. The highest BCUT2D eigenvalue weighted by Crippen LogP contribution is 2.44. The van der Waals surface area contributed by atoms with E-state index in [0.29, 0.717) is 5.41 Å². The molecule has 1 aliphatic carbocycles. The van der Waals surface area contributed by atoms with Crippen molar-refractivity contribution < 1.29 is 0 Å². The standard InChI is InChI=1S/C19H38N2/c1-6-20-18-9-12-21(17(5)16(18)4)14-19(13-15(2)3)10-7-8-11-19/h15-18,20H,6-14H2,1-5H3. The minimum absolute atomic E-state index is 0.632. The van der Waals surface area contributed by atoms with Crippen LogP contribution in [0.15, 0.2) is 0 Å². The van der Waals surface area contributed by atoms with Gasteiger partial charge in [0.1, 0.15) is 0 Å². The summed E-state index contributed by atoms with van der Waals surface area (Å²) in [5.74, 6) is 1.62. The van der Waals surface area contributed by atoms with E-state index in [0.717, 1.165) is 30.5 Å². The highest BCUT2D eigenvalue weighted by Gasteiger charge is 2.40. The molecule has 0 aromatic rings. The highest BCUT2D eigenvalue weighted by molar-refractivity contribution is 4.94. The van der Waals surface area contributed by atoms with Crippen LogP contribution in [-0.4, -0.2) is 36.6 Å². The molecule has 0 aromatic carbocycles. The third kappa shape index (κ3) is 4.22. The van der Waals surface area contributed by atoms with Gasteiger partial charge in [-0.05, 0) is 62.9 Å². The fourth-order valence-corrected chi connectivity index (χ4v) is 5.06. The molecule has 0 amide bonds. The lowest BCUT2D eigenvalue weighted by atomic mass is 9.76. The lowest BCUT2D eigenvalue weighted by molar-refractivity contribution is 0.0356. The highest BCUT2D eigenvalue weighted by atomic mass is 15.2. The van der Waals surface area contributed by atoms with Crippen molar-refractivity contribution >= 4 is 0 Å². The van der Waals surface area contributed by atoms with Crippen molar-refractivity contribution in [3.63, 3.8) is 0 Å². The Hall–Kier alpha value is -0.0800. The van der Waals surface area contributed by atoms with Crippen molar-refractivity contribution in [2.45, 2.75) is 85.2 Å². The van der Waals surface area contributed by atoms with Gasteiger partial charge in [-0.2, -0.15) is 0 Å². The molecule has 3 atom stereocenters. The number of nitrogens with one attached hydrogen (secondary N) is 1. The number of hydrogen-bond donors (Lipinski definition) is 1. The molecule has 2 rings (SSSR count). The molecule has 1 heterocycles. The zero-order valence-corrected chi connectivity index (χ0v) is 15.1. The van der Waals surface area contributed by atoms with Crippen LogP contribution >= 0.6 is 0 Å². The van der Waals surface area contributed by atoms with Crippen LogP contribution < -0.4 is 5.32 Å². The average molecular weight is 295 g/mol. The van der Waals surface area contributed by atoms with Crippen LogP contribution in [0.1, 0.15) is 73.1 Å². The predicted molar refractivity (Wildman–Crippen MR) is 92.6 cm³/mol.